The number of fused-ring (bicyclic) bond motifs is 1. The van der Waals surface area contributed by atoms with Crippen molar-refractivity contribution in [1.82, 2.24) is 15.1 Å². The molecule has 0 atom stereocenters. The van der Waals surface area contributed by atoms with E-state index in [1.54, 1.807) is 44.2 Å². The van der Waals surface area contributed by atoms with Gasteiger partial charge in [-0.2, -0.15) is 18.3 Å². The smallest absolute Gasteiger partial charge is 0.416 e. The molecule has 31 heavy (non-hydrogen) atoms. The first kappa shape index (κ1) is 20.8. The average Bonchev–Trinajstić information content (AvgIpc) is 3.08. The molecule has 4 rings (SSSR count). The van der Waals surface area contributed by atoms with Crippen LogP contribution in [0.5, 0.6) is 11.5 Å². The summed E-state index contributed by atoms with van der Waals surface area (Å²) in [5.41, 5.74) is 1.07. The zero-order valence-electron chi connectivity index (χ0n) is 16.9. The molecule has 1 N–H and O–H groups in total. The lowest BCUT2D eigenvalue weighted by atomic mass is 10.1. The van der Waals surface area contributed by atoms with Gasteiger partial charge in [0.15, 0.2) is 11.5 Å². The van der Waals surface area contributed by atoms with Crippen LogP contribution in [-0.4, -0.2) is 28.9 Å². The Bertz CT molecular complexity index is 1140. The van der Waals surface area contributed by atoms with E-state index < -0.39 is 17.6 Å². The number of nitrogens with zero attached hydrogens (tertiary/aromatic N) is 2. The molecule has 1 aromatic heterocycles. The van der Waals surface area contributed by atoms with Crippen LogP contribution >= 0.6 is 0 Å². The molecule has 0 spiro atoms. The summed E-state index contributed by atoms with van der Waals surface area (Å²) in [6, 6.07) is 10.6. The maximum absolute atomic E-state index is 13.7. The molecule has 0 aliphatic carbocycles. The molecule has 0 fully saturated rings. The Morgan fingerprint density at radius 3 is 2.61 bits per heavy atom. The molecule has 6 nitrogen and oxygen atoms in total. The number of carbonyl (C=O) groups is 1. The molecule has 0 unspecified atom stereocenters. The lowest BCUT2D eigenvalue weighted by Crippen LogP contribution is -2.26. The fourth-order valence-corrected chi connectivity index (χ4v) is 3.53. The van der Waals surface area contributed by atoms with Crippen LogP contribution in [0.1, 0.15) is 32.9 Å². The minimum Gasteiger partial charge on any atom is -0.486 e. The van der Waals surface area contributed by atoms with Gasteiger partial charge >= 0.3 is 6.18 Å². The van der Waals surface area contributed by atoms with Gasteiger partial charge in [0, 0.05) is 12.2 Å². The topological polar surface area (TPSA) is 65.4 Å². The molecule has 0 saturated heterocycles. The van der Waals surface area contributed by atoms with Crippen LogP contribution in [-0.2, 0) is 12.7 Å². The van der Waals surface area contributed by atoms with E-state index in [1.807, 2.05) is 0 Å². The van der Waals surface area contributed by atoms with E-state index >= 15 is 0 Å². The number of ether oxygens (including phenoxy) is 2. The van der Waals surface area contributed by atoms with E-state index in [1.165, 1.54) is 10.7 Å². The van der Waals surface area contributed by atoms with Crippen molar-refractivity contribution in [3.05, 3.63) is 70.5 Å². The van der Waals surface area contributed by atoms with Gasteiger partial charge in [-0.3, -0.25) is 4.79 Å². The molecule has 2 aromatic carbocycles. The summed E-state index contributed by atoms with van der Waals surface area (Å²) >= 11 is 0. The SMILES string of the molecule is Cc1cc(C)n(-c2ccc(CNC(=O)c3cccc4c3OCCO4)c(C(F)(F)F)c2)n1. The van der Waals surface area contributed by atoms with E-state index in [0.29, 0.717) is 36.1 Å². The van der Waals surface area contributed by atoms with Crippen molar-refractivity contribution in [2.75, 3.05) is 13.2 Å². The van der Waals surface area contributed by atoms with Crippen molar-refractivity contribution < 1.29 is 27.4 Å². The van der Waals surface area contributed by atoms with Crippen LogP contribution in [0.25, 0.3) is 5.69 Å². The molecular weight excluding hydrogens is 411 g/mol. The number of aryl methyl sites for hydroxylation is 2. The van der Waals surface area contributed by atoms with Crippen molar-refractivity contribution in [3.8, 4) is 17.2 Å². The van der Waals surface area contributed by atoms with Crippen molar-refractivity contribution in [1.29, 1.82) is 0 Å². The largest absolute Gasteiger partial charge is 0.486 e. The molecule has 162 valence electrons. The predicted octanol–water partition coefficient (Wildman–Crippen LogP) is 4.21. The van der Waals surface area contributed by atoms with Crippen LogP contribution < -0.4 is 14.8 Å². The second-order valence-electron chi connectivity index (χ2n) is 7.19. The highest BCUT2D eigenvalue weighted by Crippen LogP contribution is 2.35. The maximum atomic E-state index is 13.7. The van der Waals surface area contributed by atoms with Crippen molar-refractivity contribution in [2.45, 2.75) is 26.6 Å². The molecule has 3 aromatic rings. The number of aromatic nitrogens is 2. The number of para-hydroxylation sites is 1. The Morgan fingerprint density at radius 1 is 1.13 bits per heavy atom. The highest BCUT2D eigenvalue weighted by atomic mass is 19.4. The number of nitrogens with one attached hydrogen (secondary N) is 1. The quantitative estimate of drug-likeness (QED) is 0.672. The van der Waals surface area contributed by atoms with Gasteiger partial charge < -0.3 is 14.8 Å². The van der Waals surface area contributed by atoms with Gasteiger partial charge in [-0.25, -0.2) is 4.68 Å². The van der Waals surface area contributed by atoms with Gasteiger partial charge in [-0.05, 0) is 49.7 Å². The summed E-state index contributed by atoms with van der Waals surface area (Å²) < 4.78 is 53.6. The third kappa shape index (κ3) is 4.21. The van der Waals surface area contributed by atoms with Gasteiger partial charge in [0.1, 0.15) is 13.2 Å². The Hall–Kier alpha value is -3.49. The second-order valence-corrected chi connectivity index (χ2v) is 7.19. The summed E-state index contributed by atoms with van der Waals surface area (Å²) in [4.78, 5) is 12.6. The number of hydrogen-bond acceptors (Lipinski definition) is 4. The summed E-state index contributed by atoms with van der Waals surface area (Å²) in [7, 11) is 0. The molecular formula is C22H20F3N3O3. The Labute approximate surface area is 176 Å². The van der Waals surface area contributed by atoms with Crippen molar-refractivity contribution in [3.63, 3.8) is 0 Å². The zero-order chi connectivity index (χ0) is 22.2. The number of halogens is 3. The van der Waals surface area contributed by atoms with E-state index in [9.17, 15) is 18.0 Å². The Balaban J connectivity index is 1.60. The lowest BCUT2D eigenvalue weighted by Gasteiger charge is -2.21. The van der Waals surface area contributed by atoms with Crippen LogP contribution in [0, 0.1) is 13.8 Å². The van der Waals surface area contributed by atoms with Gasteiger partial charge in [0.05, 0.1) is 22.5 Å². The first-order valence-corrected chi connectivity index (χ1v) is 9.64. The summed E-state index contributed by atoms with van der Waals surface area (Å²) in [6.07, 6.45) is -4.59. The normalized spacial score (nSPS) is 13.2. The molecule has 9 heteroatoms. The first-order chi connectivity index (χ1) is 14.7. The van der Waals surface area contributed by atoms with Crippen molar-refractivity contribution in [2.24, 2.45) is 0 Å². The van der Waals surface area contributed by atoms with Gasteiger partial charge in [0.2, 0.25) is 0 Å². The number of hydrogen-bond donors (Lipinski definition) is 1. The van der Waals surface area contributed by atoms with Gasteiger partial charge in [0.25, 0.3) is 5.91 Å². The number of carbonyl (C=O) groups excluding carboxylic acids is 1. The Morgan fingerprint density at radius 2 is 1.90 bits per heavy atom. The van der Waals surface area contributed by atoms with Gasteiger partial charge in [-0.1, -0.05) is 12.1 Å². The minimum atomic E-state index is -4.59. The molecule has 1 aliphatic heterocycles. The fraction of sp³-hybridized carbons (Fsp3) is 0.273. The highest BCUT2D eigenvalue weighted by Gasteiger charge is 2.34. The first-order valence-electron chi connectivity index (χ1n) is 9.64. The van der Waals surface area contributed by atoms with E-state index in [4.69, 9.17) is 9.47 Å². The average molecular weight is 431 g/mol. The molecule has 0 bridgehead atoms. The molecule has 1 amide bonds. The zero-order valence-corrected chi connectivity index (χ0v) is 16.9. The molecule has 0 radical (unpaired) electrons. The maximum Gasteiger partial charge on any atom is 0.416 e. The number of benzene rings is 2. The lowest BCUT2D eigenvalue weighted by molar-refractivity contribution is -0.138. The van der Waals surface area contributed by atoms with Gasteiger partial charge in [-0.15, -0.1) is 0 Å². The Kier molecular flexibility index (Phi) is 5.34. The standard InChI is InChI=1S/C22H20F3N3O3/c1-13-10-14(2)28(27-13)16-7-6-15(18(11-16)22(23,24)25)12-26-21(29)17-4-3-5-19-20(17)31-9-8-30-19/h3-7,10-11H,8-9,12H2,1-2H3,(H,26,29). The fourth-order valence-electron chi connectivity index (χ4n) is 3.53. The summed E-state index contributed by atoms with van der Waals surface area (Å²) in [6.45, 7) is 3.91. The monoisotopic (exact) mass is 431 g/mol. The number of rotatable bonds is 4. The van der Waals surface area contributed by atoms with Crippen LogP contribution in [0.3, 0.4) is 0 Å². The number of amides is 1. The summed E-state index contributed by atoms with van der Waals surface area (Å²) in [5.74, 6) is 0.185. The minimum absolute atomic E-state index is 0.0481. The third-order valence-electron chi connectivity index (χ3n) is 4.90. The van der Waals surface area contributed by atoms with Crippen LogP contribution in [0.4, 0.5) is 13.2 Å². The molecule has 2 heterocycles. The third-order valence-corrected chi connectivity index (χ3v) is 4.90. The number of alkyl halides is 3. The summed E-state index contributed by atoms with van der Waals surface area (Å²) in [5, 5.41) is 6.80. The van der Waals surface area contributed by atoms with E-state index in [0.717, 1.165) is 11.8 Å². The van der Waals surface area contributed by atoms with E-state index in [-0.39, 0.29) is 17.7 Å². The predicted molar refractivity (Wildman–Crippen MR) is 107 cm³/mol. The molecule has 1 aliphatic rings. The highest BCUT2D eigenvalue weighted by molar-refractivity contribution is 5.97. The van der Waals surface area contributed by atoms with Crippen LogP contribution in [0.2, 0.25) is 0 Å². The van der Waals surface area contributed by atoms with Crippen molar-refractivity contribution >= 4 is 5.91 Å². The van der Waals surface area contributed by atoms with E-state index in [2.05, 4.69) is 10.4 Å². The molecule has 0 saturated carbocycles. The second kappa shape index (κ2) is 7.98. The van der Waals surface area contributed by atoms with Crippen LogP contribution in [0.15, 0.2) is 42.5 Å².